The minimum atomic E-state index is -0.968. The summed E-state index contributed by atoms with van der Waals surface area (Å²) in [5, 5.41) is 9.24. The van der Waals surface area contributed by atoms with Crippen molar-refractivity contribution in [1.82, 2.24) is 14.9 Å². The van der Waals surface area contributed by atoms with Gasteiger partial charge in [-0.15, -0.1) is 0 Å². The summed E-state index contributed by atoms with van der Waals surface area (Å²) in [5.41, 5.74) is -0.244. The molecule has 7 heteroatoms. The van der Waals surface area contributed by atoms with E-state index in [9.17, 15) is 19.1 Å². The number of likely N-dealkylation sites (tertiary alicyclic amines) is 1. The Labute approximate surface area is 125 Å². The third kappa shape index (κ3) is 2.28. The second kappa shape index (κ2) is 5.01. The van der Waals surface area contributed by atoms with Gasteiger partial charge in [-0.25, -0.2) is 4.39 Å². The van der Waals surface area contributed by atoms with Crippen molar-refractivity contribution >= 4 is 22.9 Å². The zero-order valence-electron chi connectivity index (χ0n) is 11.9. The van der Waals surface area contributed by atoms with Crippen molar-refractivity contribution in [3.05, 3.63) is 35.9 Å². The van der Waals surface area contributed by atoms with Gasteiger partial charge in [0.05, 0.1) is 16.5 Å². The van der Waals surface area contributed by atoms with E-state index in [1.54, 1.807) is 6.92 Å². The number of carbonyl (C=O) groups excluding carboxylic acids is 1. The number of carboxylic acid groups (broad SMARTS) is 1. The van der Waals surface area contributed by atoms with Crippen molar-refractivity contribution in [3.63, 3.8) is 0 Å². The number of hydrogen-bond donors (Lipinski definition) is 1. The highest BCUT2D eigenvalue weighted by atomic mass is 19.1. The summed E-state index contributed by atoms with van der Waals surface area (Å²) in [4.78, 5) is 33.4. The highest BCUT2D eigenvalue weighted by Gasteiger charge is 2.42. The average Bonchev–Trinajstić information content (AvgIpc) is 2.89. The predicted molar refractivity (Wildman–Crippen MR) is 75.8 cm³/mol. The fourth-order valence-corrected chi connectivity index (χ4v) is 2.68. The number of fused-ring (bicyclic) bond motifs is 1. The molecule has 1 saturated heterocycles. The summed E-state index contributed by atoms with van der Waals surface area (Å²) in [7, 11) is 0. The van der Waals surface area contributed by atoms with Crippen LogP contribution in [-0.2, 0) is 4.79 Å². The fourth-order valence-electron chi connectivity index (χ4n) is 2.68. The molecule has 1 N–H and O–H groups in total. The lowest BCUT2D eigenvalue weighted by molar-refractivity contribution is -0.147. The van der Waals surface area contributed by atoms with E-state index in [-0.39, 0.29) is 12.1 Å². The van der Waals surface area contributed by atoms with Crippen molar-refractivity contribution in [2.75, 3.05) is 13.1 Å². The van der Waals surface area contributed by atoms with Gasteiger partial charge < -0.3 is 10.0 Å². The van der Waals surface area contributed by atoms with E-state index >= 15 is 0 Å². The first-order valence-electron chi connectivity index (χ1n) is 6.84. The molecule has 0 radical (unpaired) electrons. The summed E-state index contributed by atoms with van der Waals surface area (Å²) in [6.45, 7) is 2.02. The summed E-state index contributed by atoms with van der Waals surface area (Å²) in [5.74, 6) is -1.93. The molecule has 0 spiro atoms. The number of halogens is 1. The van der Waals surface area contributed by atoms with Crippen LogP contribution in [0.4, 0.5) is 4.39 Å². The Balaban J connectivity index is 1.99. The molecule has 22 heavy (non-hydrogen) atoms. The molecular weight excluding hydrogens is 289 g/mol. The van der Waals surface area contributed by atoms with E-state index < -0.39 is 23.1 Å². The summed E-state index contributed by atoms with van der Waals surface area (Å²) >= 11 is 0. The molecule has 0 aliphatic carbocycles. The molecular formula is C15H14FN3O3. The van der Waals surface area contributed by atoms with Gasteiger partial charge in [-0.1, -0.05) is 0 Å². The van der Waals surface area contributed by atoms with Crippen LogP contribution in [0.1, 0.15) is 23.7 Å². The van der Waals surface area contributed by atoms with Crippen LogP contribution in [-0.4, -0.2) is 44.9 Å². The van der Waals surface area contributed by atoms with Crippen LogP contribution >= 0.6 is 0 Å². The maximum Gasteiger partial charge on any atom is 0.311 e. The number of hydrogen-bond acceptors (Lipinski definition) is 4. The lowest BCUT2D eigenvalue weighted by atomic mass is 9.90. The molecule has 1 unspecified atom stereocenters. The molecule has 1 fully saturated rings. The van der Waals surface area contributed by atoms with Crippen molar-refractivity contribution in [2.45, 2.75) is 13.3 Å². The highest BCUT2D eigenvalue weighted by molar-refractivity contribution is 6.05. The minimum absolute atomic E-state index is 0.0967. The Morgan fingerprint density at radius 1 is 1.32 bits per heavy atom. The molecule has 1 aliphatic heterocycles. The van der Waals surface area contributed by atoms with Gasteiger partial charge in [-0.3, -0.25) is 19.6 Å². The molecule has 0 saturated carbocycles. The van der Waals surface area contributed by atoms with Gasteiger partial charge in [0.25, 0.3) is 5.91 Å². The van der Waals surface area contributed by atoms with Crippen molar-refractivity contribution in [3.8, 4) is 0 Å². The maximum atomic E-state index is 13.7. The van der Waals surface area contributed by atoms with E-state index in [0.717, 1.165) is 6.07 Å². The molecule has 1 aromatic heterocycles. The van der Waals surface area contributed by atoms with Crippen LogP contribution < -0.4 is 0 Å². The Kier molecular flexibility index (Phi) is 3.27. The van der Waals surface area contributed by atoms with Crippen LogP contribution in [0.15, 0.2) is 24.5 Å². The van der Waals surface area contributed by atoms with Crippen LogP contribution in [0, 0.1) is 11.2 Å². The second-order valence-corrected chi connectivity index (χ2v) is 5.72. The molecule has 2 aromatic rings. The standard InChI is InChI=1S/C15H14FN3O3/c1-15(14(21)22)2-5-19(8-15)13(20)10-6-9(16)7-11-12(10)18-4-3-17-11/h3-4,6-7H,2,5,8H2,1H3,(H,21,22). The Morgan fingerprint density at radius 2 is 2.05 bits per heavy atom. The molecule has 1 atom stereocenters. The van der Waals surface area contributed by atoms with E-state index in [0.29, 0.717) is 24.0 Å². The first kappa shape index (κ1) is 14.4. The lowest BCUT2D eigenvalue weighted by Gasteiger charge is -2.20. The lowest BCUT2D eigenvalue weighted by Crippen LogP contribution is -2.35. The molecule has 3 rings (SSSR count). The Morgan fingerprint density at radius 3 is 2.73 bits per heavy atom. The average molecular weight is 303 g/mol. The van der Waals surface area contributed by atoms with Crippen LogP contribution in [0.2, 0.25) is 0 Å². The number of aromatic nitrogens is 2. The van der Waals surface area contributed by atoms with Crippen molar-refractivity contribution in [1.29, 1.82) is 0 Å². The second-order valence-electron chi connectivity index (χ2n) is 5.72. The smallest absolute Gasteiger partial charge is 0.311 e. The van der Waals surface area contributed by atoms with Gasteiger partial charge >= 0.3 is 5.97 Å². The van der Waals surface area contributed by atoms with Gasteiger partial charge in [0.15, 0.2) is 0 Å². The molecule has 6 nitrogen and oxygen atoms in total. The normalized spacial score (nSPS) is 21.3. The third-order valence-corrected chi connectivity index (χ3v) is 4.05. The van der Waals surface area contributed by atoms with Gasteiger partial charge in [0, 0.05) is 31.5 Å². The van der Waals surface area contributed by atoms with E-state index in [4.69, 9.17) is 0 Å². The van der Waals surface area contributed by atoms with Crippen molar-refractivity contribution in [2.24, 2.45) is 5.41 Å². The number of rotatable bonds is 2. The van der Waals surface area contributed by atoms with Gasteiger partial charge in [-0.2, -0.15) is 0 Å². The van der Waals surface area contributed by atoms with Crippen LogP contribution in [0.3, 0.4) is 0 Å². The Hall–Kier alpha value is -2.57. The Bertz CT molecular complexity index is 780. The zero-order chi connectivity index (χ0) is 15.9. The number of aliphatic carboxylic acids is 1. The summed E-state index contributed by atoms with van der Waals surface area (Å²) in [6, 6.07) is 2.33. The summed E-state index contributed by atoms with van der Waals surface area (Å²) < 4.78 is 13.7. The van der Waals surface area contributed by atoms with Crippen LogP contribution in [0.5, 0.6) is 0 Å². The zero-order valence-corrected chi connectivity index (χ0v) is 11.9. The van der Waals surface area contributed by atoms with Crippen molar-refractivity contribution < 1.29 is 19.1 Å². The number of carbonyl (C=O) groups is 2. The van der Waals surface area contributed by atoms with E-state index in [1.165, 1.54) is 23.4 Å². The molecule has 2 heterocycles. The van der Waals surface area contributed by atoms with Gasteiger partial charge in [0.2, 0.25) is 0 Å². The van der Waals surface area contributed by atoms with E-state index in [2.05, 4.69) is 9.97 Å². The fraction of sp³-hybridized carbons (Fsp3) is 0.333. The number of amides is 1. The number of carboxylic acids is 1. The highest BCUT2D eigenvalue weighted by Crippen LogP contribution is 2.31. The largest absolute Gasteiger partial charge is 0.481 e. The number of benzene rings is 1. The SMILES string of the molecule is CC1(C(=O)O)CCN(C(=O)c2cc(F)cc3nccnc23)C1. The minimum Gasteiger partial charge on any atom is -0.481 e. The topological polar surface area (TPSA) is 83.4 Å². The van der Waals surface area contributed by atoms with Gasteiger partial charge in [0.1, 0.15) is 11.3 Å². The van der Waals surface area contributed by atoms with E-state index in [1.807, 2.05) is 0 Å². The quantitative estimate of drug-likeness (QED) is 0.913. The first-order valence-corrected chi connectivity index (χ1v) is 6.84. The molecule has 0 bridgehead atoms. The maximum absolute atomic E-state index is 13.7. The summed E-state index contributed by atoms with van der Waals surface area (Å²) in [6.07, 6.45) is 3.22. The number of nitrogens with zero attached hydrogens (tertiary/aromatic N) is 3. The third-order valence-electron chi connectivity index (χ3n) is 4.05. The molecule has 1 aromatic carbocycles. The molecule has 1 aliphatic rings. The first-order chi connectivity index (χ1) is 10.4. The monoisotopic (exact) mass is 303 g/mol. The predicted octanol–water partition coefficient (Wildman–Crippen LogP) is 1.71. The molecule has 1 amide bonds. The molecule has 114 valence electrons. The van der Waals surface area contributed by atoms with Crippen LogP contribution in [0.25, 0.3) is 11.0 Å². The van der Waals surface area contributed by atoms with Gasteiger partial charge in [-0.05, 0) is 19.4 Å².